The lowest BCUT2D eigenvalue weighted by molar-refractivity contribution is 0.474. The Bertz CT molecular complexity index is 574. The normalized spacial score (nSPS) is 10.8. The Morgan fingerprint density at radius 2 is 2.11 bits per heavy atom. The minimum Gasteiger partial charge on any atom is -0.507 e. The first-order valence-corrected chi connectivity index (χ1v) is 6.09. The molecule has 0 bridgehead atoms. The minimum atomic E-state index is 0.144. The molecule has 0 atom stereocenters. The summed E-state index contributed by atoms with van der Waals surface area (Å²) in [5, 5.41) is 21.3. The SMILES string of the molecule is Oc1ccc(Br)cc1/C=N/Nc1ccc(Cl)nn1. The second-order valence-electron chi connectivity index (χ2n) is 3.31. The molecule has 0 aliphatic heterocycles. The molecule has 7 heteroatoms. The number of hydrazone groups is 1. The van der Waals surface area contributed by atoms with Crippen LogP contribution in [0.25, 0.3) is 0 Å². The zero-order valence-corrected chi connectivity index (χ0v) is 11.4. The van der Waals surface area contributed by atoms with Crippen LogP contribution in [-0.2, 0) is 0 Å². The number of halogens is 2. The number of aromatic hydroxyl groups is 1. The molecule has 18 heavy (non-hydrogen) atoms. The van der Waals surface area contributed by atoms with Crippen LogP contribution in [0.1, 0.15) is 5.56 Å². The summed E-state index contributed by atoms with van der Waals surface area (Å²) < 4.78 is 0.855. The standard InChI is InChI=1S/C11H8BrClN4O/c12-8-1-2-9(18)7(5-8)6-14-16-11-4-3-10(13)15-17-11/h1-6,18H,(H,16,17)/b14-6+. The average molecular weight is 328 g/mol. The third-order valence-electron chi connectivity index (χ3n) is 2.00. The number of rotatable bonds is 3. The van der Waals surface area contributed by atoms with Crippen molar-refractivity contribution in [2.24, 2.45) is 5.10 Å². The molecule has 1 aromatic carbocycles. The quantitative estimate of drug-likeness (QED) is 0.671. The summed E-state index contributed by atoms with van der Waals surface area (Å²) >= 11 is 8.91. The molecular weight excluding hydrogens is 320 g/mol. The minimum absolute atomic E-state index is 0.144. The van der Waals surface area contributed by atoms with Crippen LogP contribution < -0.4 is 5.43 Å². The van der Waals surface area contributed by atoms with Crippen molar-refractivity contribution in [2.45, 2.75) is 0 Å². The Balaban J connectivity index is 2.07. The van der Waals surface area contributed by atoms with E-state index < -0.39 is 0 Å². The first-order valence-electron chi connectivity index (χ1n) is 4.92. The topological polar surface area (TPSA) is 70.4 Å². The maximum Gasteiger partial charge on any atom is 0.168 e. The van der Waals surface area contributed by atoms with E-state index in [4.69, 9.17) is 11.6 Å². The van der Waals surface area contributed by atoms with Crippen LogP contribution in [-0.4, -0.2) is 21.5 Å². The Morgan fingerprint density at radius 3 is 2.83 bits per heavy atom. The van der Waals surface area contributed by atoms with Crippen LogP contribution in [0.3, 0.4) is 0 Å². The smallest absolute Gasteiger partial charge is 0.168 e. The summed E-state index contributed by atoms with van der Waals surface area (Å²) in [5.41, 5.74) is 3.26. The fraction of sp³-hybridized carbons (Fsp3) is 0. The third kappa shape index (κ3) is 3.41. The first kappa shape index (κ1) is 12.8. The van der Waals surface area contributed by atoms with Gasteiger partial charge in [-0.25, -0.2) is 0 Å². The molecule has 2 aromatic rings. The second kappa shape index (κ2) is 5.79. The van der Waals surface area contributed by atoms with E-state index in [2.05, 4.69) is 36.7 Å². The molecular formula is C11H8BrClN4O. The Morgan fingerprint density at radius 1 is 1.28 bits per heavy atom. The summed E-state index contributed by atoms with van der Waals surface area (Å²) in [4.78, 5) is 0. The Kier molecular flexibility index (Phi) is 4.11. The zero-order valence-electron chi connectivity index (χ0n) is 9.01. The number of aromatic nitrogens is 2. The summed E-state index contributed by atoms with van der Waals surface area (Å²) in [7, 11) is 0. The highest BCUT2D eigenvalue weighted by Crippen LogP contribution is 2.20. The van der Waals surface area contributed by atoms with E-state index in [9.17, 15) is 5.11 Å². The maximum atomic E-state index is 9.58. The van der Waals surface area contributed by atoms with Gasteiger partial charge in [0.1, 0.15) is 5.75 Å². The Labute approximate surface area is 117 Å². The maximum absolute atomic E-state index is 9.58. The van der Waals surface area contributed by atoms with Crippen molar-refractivity contribution in [2.75, 3.05) is 5.43 Å². The molecule has 2 rings (SSSR count). The predicted octanol–water partition coefficient (Wildman–Crippen LogP) is 3.04. The fourth-order valence-corrected chi connectivity index (χ4v) is 1.65. The van der Waals surface area contributed by atoms with E-state index in [-0.39, 0.29) is 5.75 Å². The van der Waals surface area contributed by atoms with Gasteiger partial charge in [-0.05, 0) is 30.3 Å². The van der Waals surface area contributed by atoms with Crippen LogP contribution in [0.2, 0.25) is 5.15 Å². The lowest BCUT2D eigenvalue weighted by Crippen LogP contribution is -1.95. The van der Waals surface area contributed by atoms with Gasteiger partial charge in [0.25, 0.3) is 0 Å². The molecule has 0 aliphatic rings. The molecule has 2 N–H and O–H groups in total. The molecule has 1 heterocycles. The van der Waals surface area contributed by atoms with Gasteiger partial charge in [0.15, 0.2) is 11.0 Å². The summed E-state index contributed by atoms with van der Waals surface area (Å²) in [5.74, 6) is 0.607. The van der Waals surface area contributed by atoms with Crippen LogP contribution in [0, 0.1) is 0 Å². The molecule has 0 radical (unpaired) electrons. The van der Waals surface area contributed by atoms with Crippen LogP contribution in [0.4, 0.5) is 5.82 Å². The first-order chi connectivity index (χ1) is 8.65. The van der Waals surface area contributed by atoms with E-state index in [0.29, 0.717) is 16.5 Å². The van der Waals surface area contributed by atoms with E-state index >= 15 is 0 Å². The summed E-state index contributed by atoms with van der Waals surface area (Å²) in [6.07, 6.45) is 1.48. The van der Waals surface area contributed by atoms with Gasteiger partial charge in [0, 0.05) is 10.0 Å². The van der Waals surface area contributed by atoms with Crippen molar-refractivity contribution in [1.82, 2.24) is 10.2 Å². The van der Waals surface area contributed by atoms with Crippen molar-refractivity contribution in [3.63, 3.8) is 0 Å². The van der Waals surface area contributed by atoms with Crippen LogP contribution >= 0.6 is 27.5 Å². The van der Waals surface area contributed by atoms with Crippen molar-refractivity contribution in [3.05, 3.63) is 45.5 Å². The average Bonchev–Trinajstić information content (AvgIpc) is 2.36. The number of benzene rings is 1. The van der Waals surface area contributed by atoms with Crippen LogP contribution in [0.15, 0.2) is 39.9 Å². The third-order valence-corrected chi connectivity index (χ3v) is 2.70. The molecule has 0 saturated carbocycles. The van der Waals surface area contributed by atoms with Crippen molar-refractivity contribution in [1.29, 1.82) is 0 Å². The van der Waals surface area contributed by atoms with Gasteiger partial charge in [-0.2, -0.15) is 5.10 Å². The highest BCUT2D eigenvalue weighted by atomic mass is 79.9. The number of nitrogens with one attached hydrogen (secondary N) is 1. The zero-order chi connectivity index (χ0) is 13.0. The van der Waals surface area contributed by atoms with E-state index in [1.807, 2.05) is 0 Å². The van der Waals surface area contributed by atoms with Gasteiger partial charge in [-0.15, -0.1) is 10.2 Å². The molecule has 92 valence electrons. The number of hydrogen-bond acceptors (Lipinski definition) is 5. The summed E-state index contributed by atoms with van der Waals surface area (Å²) in [6, 6.07) is 8.31. The van der Waals surface area contributed by atoms with E-state index in [1.54, 1.807) is 30.3 Å². The predicted molar refractivity (Wildman–Crippen MR) is 74.1 cm³/mol. The molecule has 0 saturated heterocycles. The van der Waals surface area contributed by atoms with Gasteiger partial charge >= 0.3 is 0 Å². The van der Waals surface area contributed by atoms with Gasteiger partial charge < -0.3 is 5.11 Å². The van der Waals surface area contributed by atoms with Gasteiger partial charge in [-0.1, -0.05) is 27.5 Å². The molecule has 5 nitrogen and oxygen atoms in total. The second-order valence-corrected chi connectivity index (χ2v) is 4.62. The number of phenols is 1. The lowest BCUT2D eigenvalue weighted by Gasteiger charge is -2.00. The van der Waals surface area contributed by atoms with E-state index in [1.165, 1.54) is 6.21 Å². The highest BCUT2D eigenvalue weighted by molar-refractivity contribution is 9.10. The number of anilines is 1. The summed E-state index contributed by atoms with van der Waals surface area (Å²) in [6.45, 7) is 0. The molecule has 0 aliphatic carbocycles. The van der Waals surface area contributed by atoms with E-state index in [0.717, 1.165) is 4.47 Å². The van der Waals surface area contributed by atoms with Crippen molar-refractivity contribution >= 4 is 39.6 Å². The van der Waals surface area contributed by atoms with Crippen molar-refractivity contribution in [3.8, 4) is 5.75 Å². The molecule has 0 fully saturated rings. The molecule has 0 amide bonds. The van der Waals surface area contributed by atoms with Gasteiger partial charge in [0.2, 0.25) is 0 Å². The fourth-order valence-electron chi connectivity index (χ4n) is 1.17. The molecule has 0 spiro atoms. The Hall–Kier alpha value is -1.66. The molecule has 0 unspecified atom stereocenters. The number of nitrogens with zero attached hydrogens (tertiary/aromatic N) is 3. The van der Waals surface area contributed by atoms with Crippen LogP contribution in [0.5, 0.6) is 5.75 Å². The van der Waals surface area contributed by atoms with Crippen molar-refractivity contribution < 1.29 is 5.11 Å². The van der Waals surface area contributed by atoms with Gasteiger partial charge in [0.05, 0.1) is 6.21 Å². The largest absolute Gasteiger partial charge is 0.507 e. The molecule has 1 aromatic heterocycles. The van der Waals surface area contributed by atoms with Gasteiger partial charge in [-0.3, -0.25) is 5.43 Å². The monoisotopic (exact) mass is 326 g/mol. The lowest BCUT2D eigenvalue weighted by atomic mass is 10.2. The number of phenolic OH excluding ortho intramolecular Hbond substituents is 1. The highest BCUT2D eigenvalue weighted by Gasteiger charge is 1.98. The number of hydrogen-bond donors (Lipinski definition) is 2.